The maximum atomic E-state index is 6.37. The van der Waals surface area contributed by atoms with E-state index in [2.05, 4.69) is 72.4 Å². The molecule has 2 aromatic carbocycles. The number of halogens is 2. The molecule has 2 heterocycles. The molecule has 138 valence electrons. The molecule has 0 unspecified atom stereocenters. The summed E-state index contributed by atoms with van der Waals surface area (Å²) < 4.78 is 14.5. The average Bonchev–Trinajstić information content (AvgIpc) is 2.66. The first-order chi connectivity index (χ1) is 12.7. The second-order valence-electron chi connectivity index (χ2n) is 6.71. The van der Waals surface area contributed by atoms with Crippen LogP contribution in [0.4, 0.5) is 0 Å². The Hall–Kier alpha value is -0.920. The van der Waals surface area contributed by atoms with Crippen molar-refractivity contribution >= 4 is 31.9 Å². The third-order valence-corrected chi connectivity index (χ3v) is 5.84. The lowest BCUT2D eigenvalue weighted by molar-refractivity contribution is -0.0617. The molecule has 0 bridgehead atoms. The largest absolute Gasteiger partial charge is 0.490 e. The summed E-state index contributed by atoms with van der Waals surface area (Å²) in [6.45, 7) is 5.25. The van der Waals surface area contributed by atoms with Gasteiger partial charge in [0.2, 0.25) is 0 Å². The number of para-hydroxylation sites is 1. The van der Waals surface area contributed by atoms with Gasteiger partial charge in [0, 0.05) is 40.7 Å². The van der Waals surface area contributed by atoms with Crippen molar-refractivity contribution in [3.05, 3.63) is 62.5 Å². The lowest BCUT2D eigenvalue weighted by Gasteiger charge is -2.42. The quantitative estimate of drug-likeness (QED) is 0.711. The standard InChI is InChI=1S/C20H22Br2N2O2/c21-15-9-14(10-16(22)11-15)12-25-19-13-26-18-4-2-1-3-17(18)20(19)24-7-5-23-6-8-24/h1-4,9-11,19-20,23H,5-8,12-13H2/t19-,20-/m1/s1. The topological polar surface area (TPSA) is 33.7 Å². The lowest BCUT2D eigenvalue weighted by Crippen LogP contribution is -2.51. The van der Waals surface area contributed by atoms with Gasteiger partial charge in [-0.2, -0.15) is 0 Å². The smallest absolute Gasteiger partial charge is 0.124 e. The number of ether oxygens (including phenoxy) is 2. The zero-order valence-electron chi connectivity index (χ0n) is 14.5. The first kappa shape index (κ1) is 18.4. The fraction of sp³-hybridized carbons (Fsp3) is 0.400. The van der Waals surface area contributed by atoms with Crippen LogP contribution in [0.3, 0.4) is 0 Å². The van der Waals surface area contributed by atoms with E-state index in [0.29, 0.717) is 13.2 Å². The number of rotatable bonds is 4. The van der Waals surface area contributed by atoms with E-state index < -0.39 is 0 Å². The van der Waals surface area contributed by atoms with Crippen molar-refractivity contribution in [2.75, 3.05) is 32.8 Å². The Kier molecular flexibility index (Phi) is 5.96. The molecule has 0 spiro atoms. The molecule has 0 amide bonds. The van der Waals surface area contributed by atoms with Crippen molar-refractivity contribution in [2.45, 2.75) is 18.8 Å². The van der Waals surface area contributed by atoms with Crippen molar-refractivity contribution in [2.24, 2.45) is 0 Å². The van der Waals surface area contributed by atoms with E-state index in [1.807, 2.05) is 12.1 Å². The predicted octanol–water partition coefficient (Wildman–Crippen LogP) is 4.14. The first-order valence-corrected chi connectivity index (χ1v) is 10.5. The second-order valence-corrected chi connectivity index (χ2v) is 8.54. The van der Waals surface area contributed by atoms with Gasteiger partial charge in [0.15, 0.2) is 0 Å². The van der Waals surface area contributed by atoms with E-state index >= 15 is 0 Å². The van der Waals surface area contributed by atoms with Gasteiger partial charge in [-0.15, -0.1) is 0 Å². The average molecular weight is 482 g/mol. The molecule has 0 aliphatic carbocycles. The van der Waals surface area contributed by atoms with Crippen LogP contribution in [-0.4, -0.2) is 43.8 Å². The lowest BCUT2D eigenvalue weighted by atomic mass is 9.95. The van der Waals surface area contributed by atoms with Gasteiger partial charge in [-0.05, 0) is 29.8 Å². The van der Waals surface area contributed by atoms with Crippen LogP contribution in [0.5, 0.6) is 5.75 Å². The maximum Gasteiger partial charge on any atom is 0.124 e. The minimum atomic E-state index is 0.0146. The molecule has 4 nitrogen and oxygen atoms in total. The van der Waals surface area contributed by atoms with Gasteiger partial charge in [-0.25, -0.2) is 0 Å². The number of piperazine rings is 1. The van der Waals surface area contributed by atoms with Gasteiger partial charge >= 0.3 is 0 Å². The summed E-state index contributed by atoms with van der Waals surface area (Å²) in [5.74, 6) is 0.987. The van der Waals surface area contributed by atoms with Crippen LogP contribution in [0.2, 0.25) is 0 Å². The predicted molar refractivity (Wildman–Crippen MR) is 110 cm³/mol. The molecular weight excluding hydrogens is 460 g/mol. The monoisotopic (exact) mass is 480 g/mol. The summed E-state index contributed by atoms with van der Waals surface area (Å²) in [7, 11) is 0. The Bertz CT molecular complexity index is 745. The molecular formula is C20H22Br2N2O2. The Labute approximate surface area is 171 Å². The molecule has 6 heteroatoms. The fourth-order valence-electron chi connectivity index (χ4n) is 3.75. The van der Waals surface area contributed by atoms with Crippen LogP contribution in [0.1, 0.15) is 17.2 Å². The highest BCUT2D eigenvalue weighted by atomic mass is 79.9. The third kappa shape index (κ3) is 4.15. The highest BCUT2D eigenvalue weighted by Gasteiger charge is 2.36. The molecule has 0 aromatic heterocycles. The number of benzene rings is 2. The number of nitrogens with one attached hydrogen (secondary N) is 1. The van der Waals surface area contributed by atoms with Crippen LogP contribution in [0.25, 0.3) is 0 Å². The fourth-order valence-corrected chi connectivity index (χ4v) is 5.14. The Balaban J connectivity index is 1.55. The van der Waals surface area contributed by atoms with Crippen molar-refractivity contribution in [1.29, 1.82) is 0 Å². The summed E-state index contributed by atoms with van der Waals surface area (Å²) in [5, 5.41) is 3.44. The van der Waals surface area contributed by atoms with E-state index in [1.54, 1.807) is 0 Å². The van der Waals surface area contributed by atoms with Crippen molar-refractivity contribution in [3.63, 3.8) is 0 Å². The summed E-state index contributed by atoms with van der Waals surface area (Å²) in [6.07, 6.45) is 0.0146. The second kappa shape index (κ2) is 8.40. The SMILES string of the molecule is Brc1cc(Br)cc(CO[C@@H]2COc3ccccc3[C@H]2N2CCNCC2)c1. The van der Waals surface area contributed by atoms with Crippen LogP contribution >= 0.6 is 31.9 Å². The van der Waals surface area contributed by atoms with Crippen molar-refractivity contribution < 1.29 is 9.47 Å². The summed E-state index contributed by atoms with van der Waals surface area (Å²) in [6, 6.07) is 14.8. The summed E-state index contributed by atoms with van der Waals surface area (Å²) >= 11 is 7.10. The van der Waals surface area contributed by atoms with Gasteiger partial charge in [0.1, 0.15) is 18.5 Å². The van der Waals surface area contributed by atoms with Crippen LogP contribution in [-0.2, 0) is 11.3 Å². The zero-order valence-corrected chi connectivity index (χ0v) is 17.6. The maximum absolute atomic E-state index is 6.37. The number of nitrogens with zero attached hydrogens (tertiary/aromatic N) is 1. The molecule has 2 atom stereocenters. The Morgan fingerprint density at radius 2 is 1.81 bits per heavy atom. The van der Waals surface area contributed by atoms with Gasteiger partial charge in [-0.1, -0.05) is 50.1 Å². The van der Waals surface area contributed by atoms with Gasteiger partial charge in [0.25, 0.3) is 0 Å². The van der Waals surface area contributed by atoms with E-state index in [9.17, 15) is 0 Å². The van der Waals surface area contributed by atoms with Gasteiger partial charge in [0.05, 0.1) is 12.6 Å². The molecule has 4 rings (SSSR count). The molecule has 1 N–H and O–H groups in total. The van der Waals surface area contributed by atoms with Gasteiger partial charge in [-0.3, -0.25) is 4.90 Å². The van der Waals surface area contributed by atoms with Crippen LogP contribution < -0.4 is 10.1 Å². The van der Waals surface area contributed by atoms with E-state index in [4.69, 9.17) is 9.47 Å². The molecule has 2 aliphatic heterocycles. The molecule has 1 fully saturated rings. The molecule has 1 saturated heterocycles. The highest BCUT2D eigenvalue weighted by Crippen LogP contribution is 2.37. The van der Waals surface area contributed by atoms with Gasteiger partial charge < -0.3 is 14.8 Å². The summed E-state index contributed by atoms with van der Waals surface area (Å²) in [4.78, 5) is 2.53. The van der Waals surface area contributed by atoms with Crippen LogP contribution in [0.15, 0.2) is 51.4 Å². The van der Waals surface area contributed by atoms with Crippen molar-refractivity contribution in [3.8, 4) is 5.75 Å². The van der Waals surface area contributed by atoms with E-state index in [1.165, 1.54) is 5.56 Å². The normalized spacial score (nSPS) is 23.3. The van der Waals surface area contributed by atoms with E-state index in [0.717, 1.165) is 46.4 Å². The number of hydrogen-bond donors (Lipinski definition) is 1. The van der Waals surface area contributed by atoms with E-state index in [-0.39, 0.29) is 12.1 Å². The molecule has 0 saturated carbocycles. The van der Waals surface area contributed by atoms with Crippen molar-refractivity contribution in [1.82, 2.24) is 10.2 Å². The molecule has 26 heavy (non-hydrogen) atoms. The minimum Gasteiger partial charge on any atom is -0.490 e. The molecule has 2 aromatic rings. The Morgan fingerprint density at radius 1 is 1.08 bits per heavy atom. The minimum absolute atomic E-state index is 0.0146. The zero-order chi connectivity index (χ0) is 17.9. The first-order valence-electron chi connectivity index (χ1n) is 8.94. The highest BCUT2D eigenvalue weighted by molar-refractivity contribution is 9.11. The molecule has 0 radical (unpaired) electrons. The number of fused-ring (bicyclic) bond motifs is 1. The van der Waals surface area contributed by atoms with Crippen LogP contribution in [0, 0.1) is 0 Å². The third-order valence-electron chi connectivity index (χ3n) is 4.92. The Morgan fingerprint density at radius 3 is 2.58 bits per heavy atom. The number of hydrogen-bond acceptors (Lipinski definition) is 4. The summed E-state index contributed by atoms with van der Waals surface area (Å²) in [5.41, 5.74) is 2.38. The molecule has 2 aliphatic rings.